The molecule has 2 aromatic carbocycles. The van der Waals surface area contributed by atoms with Gasteiger partial charge in [0.15, 0.2) is 5.82 Å². The predicted molar refractivity (Wildman–Crippen MR) is 106 cm³/mol. The molecular weight excluding hydrogens is 338 g/mol. The third kappa shape index (κ3) is 3.90. The van der Waals surface area contributed by atoms with Gasteiger partial charge in [-0.3, -0.25) is 4.79 Å². The highest BCUT2D eigenvalue weighted by Crippen LogP contribution is 2.23. The van der Waals surface area contributed by atoms with Crippen molar-refractivity contribution in [2.75, 3.05) is 5.32 Å². The molecule has 27 heavy (non-hydrogen) atoms. The number of H-pyrrole nitrogens is 1. The largest absolute Gasteiger partial charge is 0.339 e. The molecule has 0 aliphatic carbocycles. The van der Waals surface area contributed by atoms with Crippen LogP contribution in [0.15, 0.2) is 77.6 Å². The standard InChI is InChI=1S/C21H17N5O/c1-14-5-7-15(8-6-14)18-9-11-20(25-23-18)22-17-4-2-3-16(13-17)19-10-12-21(27)26-24-19/h2-13H,1H3,(H,22,25)(H,26,27). The van der Waals surface area contributed by atoms with Crippen LogP contribution in [0.5, 0.6) is 0 Å². The van der Waals surface area contributed by atoms with E-state index in [2.05, 4.69) is 44.8 Å². The molecule has 0 bridgehead atoms. The van der Waals surface area contributed by atoms with E-state index >= 15 is 0 Å². The van der Waals surface area contributed by atoms with Crippen LogP contribution in [0.1, 0.15) is 5.56 Å². The summed E-state index contributed by atoms with van der Waals surface area (Å²) in [6, 6.07) is 22.9. The van der Waals surface area contributed by atoms with Crippen LogP contribution in [0.4, 0.5) is 11.5 Å². The topological polar surface area (TPSA) is 83.6 Å². The summed E-state index contributed by atoms with van der Waals surface area (Å²) in [6.45, 7) is 2.05. The monoisotopic (exact) mass is 355 g/mol. The molecule has 0 saturated heterocycles. The third-order valence-corrected chi connectivity index (χ3v) is 4.12. The van der Waals surface area contributed by atoms with Crippen LogP contribution in [0.3, 0.4) is 0 Å². The molecule has 6 heteroatoms. The van der Waals surface area contributed by atoms with Gasteiger partial charge in [-0.25, -0.2) is 5.10 Å². The quantitative estimate of drug-likeness (QED) is 0.579. The lowest BCUT2D eigenvalue weighted by molar-refractivity contribution is 0.995. The van der Waals surface area contributed by atoms with Gasteiger partial charge < -0.3 is 5.32 Å². The second-order valence-corrected chi connectivity index (χ2v) is 6.18. The van der Waals surface area contributed by atoms with Crippen molar-refractivity contribution >= 4 is 11.5 Å². The highest BCUT2D eigenvalue weighted by Gasteiger charge is 2.04. The first-order valence-corrected chi connectivity index (χ1v) is 8.51. The van der Waals surface area contributed by atoms with Crippen molar-refractivity contribution in [3.63, 3.8) is 0 Å². The zero-order valence-electron chi connectivity index (χ0n) is 14.7. The highest BCUT2D eigenvalue weighted by atomic mass is 16.1. The van der Waals surface area contributed by atoms with E-state index in [1.54, 1.807) is 6.07 Å². The molecule has 0 aliphatic heterocycles. The molecule has 2 heterocycles. The Morgan fingerprint density at radius 3 is 2.33 bits per heavy atom. The van der Waals surface area contributed by atoms with Gasteiger partial charge >= 0.3 is 0 Å². The molecule has 0 spiro atoms. The molecule has 132 valence electrons. The second kappa shape index (κ2) is 7.21. The van der Waals surface area contributed by atoms with Crippen molar-refractivity contribution in [1.29, 1.82) is 0 Å². The maximum absolute atomic E-state index is 11.2. The van der Waals surface area contributed by atoms with Crippen molar-refractivity contribution in [3.8, 4) is 22.5 Å². The lowest BCUT2D eigenvalue weighted by Gasteiger charge is -2.08. The molecule has 4 aromatic rings. The number of hydrogen-bond donors (Lipinski definition) is 2. The van der Waals surface area contributed by atoms with E-state index in [-0.39, 0.29) is 5.56 Å². The molecule has 0 saturated carbocycles. The molecule has 2 aromatic heterocycles. The smallest absolute Gasteiger partial charge is 0.264 e. The molecule has 0 unspecified atom stereocenters. The molecular formula is C21H17N5O. The first-order valence-electron chi connectivity index (χ1n) is 8.51. The maximum atomic E-state index is 11.2. The number of hydrogen-bond acceptors (Lipinski definition) is 5. The second-order valence-electron chi connectivity index (χ2n) is 6.18. The number of nitrogens with zero attached hydrogens (tertiary/aromatic N) is 3. The van der Waals surface area contributed by atoms with Crippen LogP contribution in [-0.4, -0.2) is 20.4 Å². The zero-order chi connectivity index (χ0) is 18.6. The highest BCUT2D eigenvalue weighted by molar-refractivity contribution is 5.68. The van der Waals surface area contributed by atoms with Crippen LogP contribution in [0, 0.1) is 6.92 Å². The minimum Gasteiger partial charge on any atom is -0.339 e. The summed E-state index contributed by atoms with van der Waals surface area (Å²) in [5.41, 5.74) is 5.29. The van der Waals surface area contributed by atoms with E-state index in [1.807, 2.05) is 48.5 Å². The van der Waals surface area contributed by atoms with Crippen LogP contribution in [-0.2, 0) is 0 Å². The normalized spacial score (nSPS) is 10.6. The number of anilines is 2. The van der Waals surface area contributed by atoms with Crippen LogP contribution in [0.2, 0.25) is 0 Å². The first kappa shape index (κ1) is 16.7. The Bertz CT molecular complexity index is 1100. The van der Waals surface area contributed by atoms with E-state index in [4.69, 9.17) is 0 Å². The van der Waals surface area contributed by atoms with Gasteiger partial charge in [0.25, 0.3) is 5.56 Å². The number of aromatic amines is 1. The molecule has 0 atom stereocenters. The maximum Gasteiger partial charge on any atom is 0.264 e. The van der Waals surface area contributed by atoms with Crippen LogP contribution >= 0.6 is 0 Å². The lowest BCUT2D eigenvalue weighted by atomic mass is 10.1. The van der Waals surface area contributed by atoms with E-state index in [0.717, 1.165) is 22.5 Å². The summed E-state index contributed by atoms with van der Waals surface area (Å²) in [7, 11) is 0. The van der Waals surface area contributed by atoms with Gasteiger partial charge in [0.1, 0.15) is 0 Å². The van der Waals surface area contributed by atoms with Gasteiger partial charge in [-0.2, -0.15) is 5.10 Å². The van der Waals surface area contributed by atoms with E-state index in [1.165, 1.54) is 11.6 Å². The molecule has 0 radical (unpaired) electrons. The summed E-state index contributed by atoms with van der Waals surface area (Å²) in [6.07, 6.45) is 0. The van der Waals surface area contributed by atoms with Gasteiger partial charge in [-0.1, -0.05) is 42.0 Å². The van der Waals surface area contributed by atoms with E-state index in [0.29, 0.717) is 11.5 Å². The number of nitrogens with one attached hydrogen (secondary N) is 2. The van der Waals surface area contributed by atoms with Crippen molar-refractivity contribution < 1.29 is 0 Å². The first-order chi connectivity index (χ1) is 13.2. The Hall–Kier alpha value is -3.80. The summed E-state index contributed by atoms with van der Waals surface area (Å²) in [5.74, 6) is 0.650. The van der Waals surface area contributed by atoms with Gasteiger partial charge in [-0.15, -0.1) is 10.2 Å². The van der Waals surface area contributed by atoms with E-state index in [9.17, 15) is 4.79 Å². The molecule has 0 aliphatic rings. The van der Waals surface area contributed by atoms with Crippen LogP contribution in [0.25, 0.3) is 22.5 Å². The molecule has 4 rings (SSSR count). The summed E-state index contributed by atoms with van der Waals surface area (Å²) in [5, 5.41) is 18.3. The summed E-state index contributed by atoms with van der Waals surface area (Å²) >= 11 is 0. The predicted octanol–water partition coefficient (Wildman–Crippen LogP) is 3.95. The van der Waals surface area contributed by atoms with Crippen LogP contribution < -0.4 is 10.9 Å². The van der Waals surface area contributed by atoms with Crippen molar-refractivity contribution in [1.82, 2.24) is 20.4 Å². The summed E-state index contributed by atoms with van der Waals surface area (Å²) < 4.78 is 0. The Kier molecular flexibility index (Phi) is 4.45. The Labute approximate surface area is 155 Å². The number of aromatic nitrogens is 4. The Morgan fingerprint density at radius 2 is 1.63 bits per heavy atom. The van der Waals surface area contributed by atoms with Crippen molar-refractivity contribution in [3.05, 3.63) is 88.7 Å². The fourth-order valence-electron chi connectivity index (χ4n) is 2.69. The minimum atomic E-state index is -0.225. The number of rotatable bonds is 4. The average Bonchev–Trinajstić information content (AvgIpc) is 2.70. The minimum absolute atomic E-state index is 0.225. The lowest BCUT2D eigenvalue weighted by Crippen LogP contribution is -2.05. The van der Waals surface area contributed by atoms with Gasteiger partial charge in [0.2, 0.25) is 0 Å². The van der Waals surface area contributed by atoms with Crippen molar-refractivity contribution in [2.45, 2.75) is 6.92 Å². The van der Waals surface area contributed by atoms with E-state index < -0.39 is 0 Å². The molecule has 6 nitrogen and oxygen atoms in total. The van der Waals surface area contributed by atoms with Gasteiger partial charge in [0.05, 0.1) is 11.4 Å². The fraction of sp³-hybridized carbons (Fsp3) is 0.0476. The fourth-order valence-corrected chi connectivity index (χ4v) is 2.69. The number of aryl methyl sites for hydroxylation is 1. The Balaban J connectivity index is 1.54. The summed E-state index contributed by atoms with van der Waals surface area (Å²) in [4.78, 5) is 11.2. The molecule has 0 fully saturated rings. The third-order valence-electron chi connectivity index (χ3n) is 4.12. The Morgan fingerprint density at radius 1 is 0.815 bits per heavy atom. The molecule has 2 N–H and O–H groups in total. The SMILES string of the molecule is Cc1ccc(-c2ccc(Nc3cccc(-c4ccc(=O)[nH]n4)c3)nn2)cc1. The van der Waals surface area contributed by atoms with Gasteiger partial charge in [-0.05, 0) is 37.3 Å². The average molecular weight is 355 g/mol. The zero-order valence-corrected chi connectivity index (χ0v) is 14.7. The van der Waals surface area contributed by atoms with Gasteiger partial charge in [0, 0.05) is 22.9 Å². The number of benzene rings is 2. The molecule has 0 amide bonds. The van der Waals surface area contributed by atoms with Crippen molar-refractivity contribution in [2.24, 2.45) is 0 Å².